The maximum Gasteiger partial charge on any atom is 0.308 e. The van der Waals surface area contributed by atoms with E-state index in [2.05, 4.69) is 4.74 Å². The average Bonchev–Trinajstić information content (AvgIpc) is 2.17. The van der Waals surface area contributed by atoms with Crippen LogP contribution in [0.25, 0.3) is 0 Å². The largest absolute Gasteiger partial charge is 0.469 e. The summed E-state index contributed by atoms with van der Waals surface area (Å²) >= 11 is 0. The Morgan fingerprint density at radius 2 is 1.93 bits per heavy atom. The van der Waals surface area contributed by atoms with Crippen LogP contribution >= 0.6 is 0 Å². The molecular weight excluding hydrogens is 192 g/mol. The minimum Gasteiger partial charge on any atom is -0.469 e. The molecule has 0 aliphatic carbocycles. The minimum absolute atomic E-state index is 0.00218. The third kappa shape index (κ3) is 2.80. The third-order valence-corrected chi connectivity index (χ3v) is 2.46. The van der Waals surface area contributed by atoms with Crippen LogP contribution in [0.2, 0.25) is 0 Å². The zero-order valence-corrected chi connectivity index (χ0v) is 9.28. The van der Waals surface area contributed by atoms with Crippen molar-refractivity contribution in [1.29, 1.82) is 0 Å². The molecule has 0 fully saturated rings. The molecule has 3 heteroatoms. The van der Waals surface area contributed by atoms with Crippen molar-refractivity contribution in [3.8, 4) is 0 Å². The van der Waals surface area contributed by atoms with Gasteiger partial charge in [0.1, 0.15) is 0 Å². The number of carbonyl (C=O) groups excluding carboxylic acids is 1. The molecule has 82 valence electrons. The maximum atomic E-state index is 11.0. The number of aliphatic hydroxyl groups is 1. The van der Waals surface area contributed by atoms with Crippen molar-refractivity contribution < 1.29 is 14.6 Å². The molecule has 1 aromatic carbocycles. The first-order chi connectivity index (χ1) is 7.06. The first kappa shape index (κ1) is 11.7. The van der Waals surface area contributed by atoms with E-state index in [1.54, 1.807) is 0 Å². The summed E-state index contributed by atoms with van der Waals surface area (Å²) in [6.07, 6.45) is -0.777. The number of aryl methyl sites for hydroxylation is 2. The number of benzene rings is 1. The van der Waals surface area contributed by atoms with Gasteiger partial charge < -0.3 is 9.84 Å². The van der Waals surface area contributed by atoms with Gasteiger partial charge in [-0.15, -0.1) is 0 Å². The summed E-state index contributed by atoms with van der Waals surface area (Å²) in [4.78, 5) is 11.0. The van der Waals surface area contributed by atoms with Gasteiger partial charge in [-0.2, -0.15) is 0 Å². The fourth-order valence-electron chi connectivity index (χ4n) is 1.70. The van der Waals surface area contributed by atoms with Crippen LogP contribution in [0.5, 0.6) is 0 Å². The van der Waals surface area contributed by atoms with Crippen LogP contribution in [0.4, 0.5) is 0 Å². The van der Waals surface area contributed by atoms with Crippen LogP contribution in [0.1, 0.15) is 29.2 Å². The normalized spacial score (nSPS) is 12.3. The molecule has 1 rings (SSSR count). The van der Waals surface area contributed by atoms with E-state index in [9.17, 15) is 9.90 Å². The Morgan fingerprint density at radius 3 is 2.40 bits per heavy atom. The molecule has 0 aliphatic heterocycles. The predicted molar refractivity (Wildman–Crippen MR) is 57.5 cm³/mol. The molecule has 15 heavy (non-hydrogen) atoms. The van der Waals surface area contributed by atoms with Crippen LogP contribution in [0.15, 0.2) is 18.2 Å². The molecule has 1 N–H and O–H groups in total. The second kappa shape index (κ2) is 4.94. The molecule has 0 aliphatic rings. The number of hydrogen-bond donors (Lipinski definition) is 1. The Labute approximate surface area is 89.7 Å². The second-order valence-electron chi connectivity index (χ2n) is 3.60. The maximum absolute atomic E-state index is 11.0. The van der Waals surface area contributed by atoms with Gasteiger partial charge in [0.2, 0.25) is 0 Å². The molecule has 0 amide bonds. The minimum atomic E-state index is -0.779. The highest BCUT2D eigenvalue weighted by Gasteiger charge is 2.16. The van der Waals surface area contributed by atoms with Crippen LogP contribution in [-0.4, -0.2) is 18.2 Å². The summed E-state index contributed by atoms with van der Waals surface area (Å²) < 4.78 is 4.52. The highest BCUT2D eigenvalue weighted by molar-refractivity contribution is 5.70. The van der Waals surface area contributed by atoms with Crippen LogP contribution in [0, 0.1) is 13.8 Å². The summed E-state index contributed by atoms with van der Waals surface area (Å²) in [6, 6.07) is 5.77. The molecule has 1 aromatic rings. The molecule has 0 heterocycles. The molecule has 0 radical (unpaired) electrons. The molecule has 0 bridgehead atoms. The standard InChI is InChI=1S/C12H16O3/c1-8-5-4-6-9(2)12(8)10(13)7-11(14)15-3/h4-6,10,13H,7H2,1-3H3/t10-/m1/s1. The Kier molecular flexibility index (Phi) is 3.86. The molecule has 0 saturated carbocycles. The van der Waals surface area contributed by atoms with Crippen molar-refractivity contribution in [3.63, 3.8) is 0 Å². The fraction of sp³-hybridized carbons (Fsp3) is 0.417. The summed E-state index contributed by atoms with van der Waals surface area (Å²) in [5, 5.41) is 9.88. The topological polar surface area (TPSA) is 46.5 Å². The monoisotopic (exact) mass is 208 g/mol. The lowest BCUT2D eigenvalue weighted by molar-refractivity contribution is -0.142. The summed E-state index contributed by atoms with van der Waals surface area (Å²) in [6.45, 7) is 3.84. The number of carbonyl (C=O) groups is 1. The van der Waals surface area contributed by atoms with Crippen molar-refractivity contribution >= 4 is 5.97 Å². The molecule has 0 saturated heterocycles. The lowest BCUT2D eigenvalue weighted by Gasteiger charge is -2.15. The quantitative estimate of drug-likeness (QED) is 0.772. The molecular formula is C12H16O3. The van der Waals surface area contributed by atoms with Crippen molar-refractivity contribution in [2.24, 2.45) is 0 Å². The SMILES string of the molecule is COC(=O)C[C@@H](O)c1c(C)cccc1C. The Balaban J connectivity index is 2.90. The van der Waals surface area contributed by atoms with E-state index in [0.717, 1.165) is 16.7 Å². The van der Waals surface area contributed by atoms with Gasteiger partial charge in [-0.1, -0.05) is 18.2 Å². The average molecular weight is 208 g/mol. The van der Waals surface area contributed by atoms with Crippen molar-refractivity contribution in [1.82, 2.24) is 0 Å². The van der Waals surface area contributed by atoms with Gasteiger partial charge >= 0.3 is 5.97 Å². The molecule has 0 spiro atoms. The van der Waals surface area contributed by atoms with Crippen LogP contribution < -0.4 is 0 Å². The van der Waals surface area contributed by atoms with Gasteiger partial charge in [-0.3, -0.25) is 4.79 Å². The number of aliphatic hydroxyl groups excluding tert-OH is 1. The lowest BCUT2D eigenvalue weighted by Crippen LogP contribution is -2.10. The van der Waals surface area contributed by atoms with E-state index in [1.165, 1.54) is 7.11 Å². The first-order valence-corrected chi connectivity index (χ1v) is 4.87. The Hall–Kier alpha value is -1.35. The van der Waals surface area contributed by atoms with E-state index in [4.69, 9.17) is 0 Å². The number of methoxy groups -OCH3 is 1. The molecule has 1 atom stereocenters. The van der Waals surface area contributed by atoms with Gasteiger partial charge in [-0.05, 0) is 30.5 Å². The van der Waals surface area contributed by atoms with Crippen molar-refractivity contribution in [3.05, 3.63) is 34.9 Å². The number of ether oxygens (including phenoxy) is 1. The van der Waals surface area contributed by atoms with Gasteiger partial charge in [0.15, 0.2) is 0 Å². The summed E-state index contributed by atoms with van der Waals surface area (Å²) in [5.41, 5.74) is 2.81. The molecule has 0 aromatic heterocycles. The van der Waals surface area contributed by atoms with Crippen molar-refractivity contribution in [2.75, 3.05) is 7.11 Å². The molecule has 0 unspecified atom stereocenters. The number of hydrogen-bond acceptors (Lipinski definition) is 3. The second-order valence-corrected chi connectivity index (χ2v) is 3.60. The third-order valence-electron chi connectivity index (χ3n) is 2.46. The molecule has 3 nitrogen and oxygen atoms in total. The Bertz CT molecular complexity index is 338. The predicted octanol–water partition coefficient (Wildman–Crippen LogP) is 1.90. The fourth-order valence-corrected chi connectivity index (χ4v) is 1.70. The van der Waals surface area contributed by atoms with Crippen LogP contribution in [-0.2, 0) is 9.53 Å². The summed E-state index contributed by atoms with van der Waals surface area (Å²) in [7, 11) is 1.32. The van der Waals surface area contributed by atoms with Crippen LogP contribution in [0.3, 0.4) is 0 Å². The van der Waals surface area contributed by atoms with Gasteiger partial charge in [0, 0.05) is 0 Å². The number of rotatable bonds is 3. The van der Waals surface area contributed by atoms with Gasteiger partial charge in [-0.25, -0.2) is 0 Å². The zero-order valence-electron chi connectivity index (χ0n) is 9.28. The van der Waals surface area contributed by atoms with Gasteiger partial charge in [0.05, 0.1) is 19.6 Å². The summed E-state index contributed by atoms with van der Waals surface area (Å²) in [5.74, 6) is -0.398. The highest BCUT2D eigenvalue weighted by atomic mass is 16.5. The smallest absolute Gasteiger partial charge is 0.308 e. The zero-order chi connectivity index (χ0) is 11.4. The lowest BCUT2D eigenvalue weighted by atomic mass is 9.96. The van der Waals surface area contributed by atoms with E-state index in [0.29, 0.717) is 0 Å². The Morgan fingerprint density at radius 1 is 1.40 bits per heavy atom. The van der Waals surface area contributed by atoms with E-state index in [-0.39, 0.29) is 6.42 Å². The van der Waals surface area contributed by atoms with E-state index >= 15 is 0 Å². The first-order valence-electron chi connectivity index (χ1n) is 4.87. The number of esters is 1. The van der Waals surface area contributed by atoms with E-state index < -0.39 is 12.1 Å². The van der Waals surface area contributed by atoms with Gasteiger partial charge in [0.25, 0.3) is 0 Å². The van der Waals surface area contributed by atoms with E-state index in [1.807, 2.05) is 32.0 Å². The van der Waals surface area contributed by atoms with Crippen molar-refractivity contribution in [2.45, 2.75) is 26.4 Å². The highest BCUT2D eigenvalue weighted by Crippen LogP contribution is 2.24.